The molecule has 0 bridgehead atoms. The van der Waals surface area contributed by atoms with Gasteiger partial charge in [0.05, 0.1) is 26.3 Å². The fraction of sp³-hybridized carbons (Fsp3) is 0.0769. The van der Waals surface area contributed by atoms with Crippen molar-refractivity contribution in [2.45, 2.75) is 0 Å². The summed E-state index contributed by atoms with van der Waals surface area (Å²) in [4.78, 5) is 0. The van der Waals surface area contributed by atoms with Gasteiger partial charge in [-0.3, -0.25) is 4.18 Å². The molecule has 0 N–H and O–H groups in total. The van der Waals surface area contributed by atoms with Crippen molar-refractivity contribution >= 4 is 29.6 Å². The minimum atomic E-state index is -4.41. The van der Waals surface area contributed by atoms with Gasteiger partial charge in [0.25, 0.3) is 0 Å². The molecule has 0 radical (unpaired) electrons. The molecule has 0 saturated heterocycles. The molecule has 0 spiro atoms. The molecule has 6 heteroatoms. The highest BCUT2D eigenvalue weighted by atomic mass is 32.3. The van der Waals surface area contributed by atoms with E-state index in [-0.39, 0.29) is 8.58 Å². The molecule has 2 aromatic rings. The van der Waals surface area contributed by atoms with E-state index in [1.807, 2.05) is 0 Å². The Labute approximate surface area is 115 Å². The van der Waals surface area contributed by atoms with Gasteiger partial charge in [-0.15, -0.1) is 0 Å². The van der Waals surface area contributed by atoms with E-state index in [2.05, 4.69) is 64.8 Å². The molecule has 0 fully saturated rings. The molecular weight excluding hydrogens is 283 g/mol. The zero-order chi connectivity index (χ0) is 14.1. The number of rotatable bonds is 3. The fourth-order valence-electron chi connectivity index (χ4n) is 1.29. The Bertz CT molecular complexity index is 533. The van der Waals surface area contributed by atoms with Crippen molar-refractivity contribution in [3.63, 3.8) is 0 Å². The van der Waals surface area contributed by atoms with Crippen LogP contribution >= 0.6 is 8.58 Å². The van der Waals surface area contributed by atoms with Gasteiger partial charge in [0.15, 0.2) is 0 Å². The van der Waals surface area contributed by atoms with Gasteiger partial charge in [0, 0.05) is 0 Å². The van der Waals surface area contributed by atoms with Crippen molar-refractivity contribution in [3.8, 4) is 0 Å². The highest BCUT2D eigenvalue weighted by Crippen LogP contribution is 2.08. The van der Waals surface area contributed by atoms with Crippen LogP contribution in [0.2, 0.25) is 0 Å². The molecule has 0 aliphatic heterocycles. The van der Waals surface area contributed by atoms with Crippen LogP contribution in [0.15, 0.2) is 60.7 Å². The zero-order valence-corrected chi connectivity index (χ0v) is 12.4. The van der Waals surface area contributed by atoms with Crippen molar-refractivity contribution in [1.29, 1.82) is 0 Å². The molecule has 0 amide bonds. The lowest BCUT2D eigenvalue weighted by molar-refractivity contribution is 0.314. The van der Waals surface area contributed by atoms with Crippen LogP contribution in [0.3, 0.4) is 0 Å². The van der Waals surface area contributed by atoms with Gasteiger partial charge >= 0.3 is 0 Å². The SMILES string of the molecule is COS(=O)(=O)[O-].c1ccc([PH2+]c2ccccc2)cc1. The summed E-state index contributed by atoms with van der Waals surface area (Å²) in [6.07, 6.45) is 0. The largest absolute Gasteiger partial charge is 0.726 e. The first-order chi connectivity index (χ1) is 9.01. The summed E-state index contributed by atoms with van der Waals surface area (Å²) in [5, 5.41) is 2.90. The van der Waals surface area contributed by atoms with E-state index >= 15 is 0 Å². The highest BCUT2D eigenvalue weighted by molar-refractivity contribution is 7.80. The second kappa shape index (κ2) is 8.02. The molecule has 0 heterocycles. The van der Waals surface area contributed by atoms with Crippen molar-refractivity contribution in [2.24, 2.45) is 0 Å². The van der Waals surface area contributed by atoms with E-state index < -0.39 is 10.4 Å². The zero-order valence-electron chi connectivity index (χ0n) is 10.4. The smallest absolute Gasteiger partial charge is 0.217 e. The summed E-state index contributed by atoms with van der Waals surface area (Å²) in [5.74, 6) is 0. The molecule has 19 heavy (non-hydrogen) atoms. The minimum absolute atomic E-state index is 0.271. The summed E-state index contributed by atoms with van der Waals surface area (Å²) < 4.78 is 31.0. The van der Waals surface area contributed by atoms with E-state index in [0.717, 1.165) is 7.11 Å². The molecular formula is C13H15O4PS. The molecule has 2 rings (SSSR count). The van der Waals surface area contributed by atoms with Crippen LogP contribution in [0.5, 0.6) is 0 Å². The maximum absolute atomic E-state index is 9.22. The summed E-state index contributed by atoms with van der Waals surface area (Å²) >= 11 is 0. The predicted octanol–water partition coefficient (Wildman–Crippen LogP) is 1.14. The van der Waals surface area contributed by atoms with Crippen LogP contribution in [0.25, 0.3) is 0 Å². The molecule has 0 saturated carbocycles. The molecule has 0 aromatic heterocycles. The first kappa shape index (κ1) is 15.8. The van der Waals surface area contributed by atoms with Crippen molar-refractivity contribution in [2.75, 3.05) is 7.11 Å². The lowest BCUT2D eigenvalue weighted by atomic mass is 10.4. The third-order valence-electron chi connectivity index (χ3n) is 2.14. The van der Waals surface area contributed by atoms with Crippen molar-refractivity contribution in [3.05, 3.63) is 60.7 Å². The topological polar surface area (TPSA) is 66.4 Å². The van der Waals surface area contributed by atoms with Crippen LogP contribution in [0.4, 0.5) is 0 Å². The summed E-state index contributed by atoms with van der Waals surface area (Å²) in [5.41, 5.74) is 0. The highest BCUT2D eigenvalue weighted by Gasteiger charge is 2.00. The molecule has 0 aliphatic carbocycles. The van der Waals surface area contributed by atoms with E-state index in [0.29, 0.717) is 0 Å². The van der Waals surface area contributed by atoms with Crippen LogP contribution in [-0.2, 0) is 14.6 Å². The normalized spacial score (nSPS) is 10.4. The van der Waals surface area contributed by atoms with Gasteiger partial charge < -0.3 is 4.55 Å². The van der Waals surface area contributed by atoms with Crippen LogP contribution in [-0.4, -0.2) is 20.1 Å². The number of benzene rings is 2. The average molecular weight is 298 g/mol. The predicted molar refractivity (Wildman–Crippen MR) is 78.6 cm³/mol. The second-order valence-corrected chi connectivity index (χ2v) is 6.31. The standard InChI is InChI=1S/C12H11P.CH4O4S/c1-3-7-11(8-4-1)13-12-9-5-2-6-10-12;1-5-6(2,3)4/h1-10,13H;1H3,(H,2,3,4). The van der Waals surface area contributed by atoms with Gasteiger partial charge in [0.2, 0.25) is 10.4 Å². The third kappa shape index (κ3) is 7.70. The first-order valence-electron chi connectivity index (χ1n) is 5.47. The Morgan fingerprint density at radius 3 is 1.47 bits per heavy atom. The molecule has 4 nitrogen and oxygen atoms in total. The second-order valence-electron chi connectivity index (χ2n) is 3.54. The maximum Gasteiger partial charge on any atom is 0.217 e. The quantitative estimate of drug-likeness (QED) is 0.484. The first-order valence-corrected chi connectivity index (χ1v) is 7.96. The lowest BCUT2D eigenvalue weighted by Gasteiger charge is -1.98. The van der Waals surface area contributed by atoms with Crippen molar-refractivity contribution < 1.29 is 17.2 Å². The van der Waals surface area contributed by atoms with Gasteiger partial charge in [-0.25, -0.2) is 8.42 Å². The number of hydrogen-bond donors (Lipinski definition) is 0. The van der Waals surface area contributed by atoms with Gasteiger partial charge in [-0.05, 0) is 24.3 Å². The van der Waals surface area contributed by atoms with E-state index in [1.54, 1.807) is 0 Å². The Morgan fingerprint density at radius 2 is 1.21 bits per heavy atom. The maximum atomic E-state index is 9.22. The van der Waals surface area contributed by atoms with Crippen LogP contribution in [0, 0.1) is 0 Å². The molecule has 0 atom stereocenters. The number of hydrogen-bond acceptors (Lipinski definition) is 4. The van der Waals surface area contributed by atoms with E-state index in [1.165, 1.54) is 10.6 Å². The minimum Gasteiger partial charge on any atom is -0.726 e. The summed E-state index contributed by atoms with van der Waals surface area (Å²) in [6, 6.07) is 21.3. The molecule has 2 aromatic carbocycles. The Morgan fingerprint density at radius 1 is 0.895 bits per heavy atom. The Balaban J connectivity index is 0.000000258. The van der Waals surface area contributed by atoms with E-state index in [4.69, 9.17) is 0 Å². The van der Waals surface area contributed by atoms with Crippen molar-refractivity contribution in [1.82, 2.24) is 0 Å². The fourth-order valence-corrected chi connectivity index (χ4v) is 2.51. The molecule has 102 valence electrons. The van der Waals surface area contributed by atoms with Gasteiger partial charge in [-0.1, -0.05) is 36.4 Å². The van der Waals surface area contributed by atoms with Gasteiger partial charge in [0.1, 0.15) is 0 Å². The van der Waals surface area contributed by atoms with Gasteiger partial charge in [-0.2, -0.15) is 0 Å². The van der Waals surface area contributed by atoms with Crippen LogP contribution in [0.1, 0.15) is 0 Å². The summed E-state index contributed by atoms with van der Waals surface area (Å²) in [6.45, 7) is 0. The van der Waals surface area contributed by atoms with Crippen LogP contribution < -0.4 is 10.6 Å². The lowest BCUT2D eigenvalue weighted by Crippen LogP contribution is -2.01. The average Bonchev–Trinajstić information content (AvgIpc) is 2.41. The summed E-state index contributed by atoms with van der Waals surface area (Å²) in [7, 11) is -3.33. The Hall–Kier alpha value is -1.26. The monoisotopic (exact) mass is 298 g/mol. The van der Waals surface area contributed by atoms with E-state index in [9.17, 15) is 13.0 Å². The molecule has 0 aliphatic rings. The Kier molecular flexibility index (Phi) is 6.67. The molecule has 0 unspecified atom stereocenters. The third-order valence-corrected chi connectivity index (χ3v) is 3.98.